The lowest BCUT2D eigenvalue weighted by atomic mass is 10.0. The van der Waals surface area contributed by atoms with E-state index >= 15 is 0 Å². The van der Waals surface area contributed by atoms with Crippen molar-refractivity contribution in [3.8, 4) is 0 Å². The van der Waals surface area contributed by atoms with Gasteiger partial charge < -0.3 is 15.0 Å². The molecule has 2 aromatic carbocycles. The van der Waals surface area contributed by atoms with Crippen molar-refractivity contribution in [3.05, 3.63) is 71.8 Å². The number of amides is 2. The number of hydrogen-bond acceptors (Lipinski definition) is 3. The van der Waals surface area contributed by atoms with E-state index in [0.29, 0.717) is 24.9 Å². The van der Waals surface area contributed by atoms with Gasteiger partial charge in [0.05, 0.1) is 0 Å². The molecule has 0 aromatic heterocycles. The van der Waals surface area contributed by atoms with Crippen LogP contribution in [0.15, 0.2) is 60.7 Å². The third kappa shape index (κ3) is 4.82. The molecule has 1 aliphatic heterocycles. The normalized spacial score (nSPS) is 17.3. The summed E-state index contributed by atoms with van der Waals surface area (Å²) in [5.74, 6) is -0.303. The number of carbonyl (C=O) groups is 3. The van der Waals surface area contributed by atoms with Crippen LogP contribution in [0, 0.1) is 0 Å². The van der Waals surface area contributed by atoms with Gasteiger partial charge in [-0.3, -0.25) is 9.59 Å². The van der Waals surface area contributed by atoms with Crippen molar-refractivity contribution >= 4 is 18.1 Å². The molecule has 5 heteroatoms. The average Bonchev–Trinajstić information content (AvgIpc) is 3.19. The SMILES string of the molecule is O=CC[C@H](Cc1ccccc1)NC(=O)[C@@H]1CCCN1C(=O)c1ccccc1. The summed E-state index contributed by atoms with van der Waals surface area (Å²) in [5.41, 5.74) is 1.65. The summed E-state index contributed by atoms with van der Waals surface area (Å²) in [5, 5.41) is 2.98. The van der Waals surface area contributed by atoms with E-state index in [-0.39, 0.29) is 24.3 Å². The second-order valence-electron chi connectivity index (χ2n) is 6.82. The molecule has 27 heavy (non-hydrogen) atoms. The summed E-state index contributed by atoms with van der Waals surface area (Å²) in [7, 11) is 0. The lowest BCUT2D eigenvalue weighted by Gasteiger charge is -2.26. The van der Waals surface area contributed by atoms with E-state index in [0.717, 1.165) is 18.3 Å². The molecule has 0 bridgehead atoms. The molecule has 0 aliphatic carbocycles. The number of carbonyl (C=O) groups excluding carboxylic acids is 3. The zero-order valence-corrected chi connectivity index (χ0v) is 15.2. The molecule has 2 amide bonds. The van der Waals surface area contributed by atoms with Gasteiger partial charge in [-0.25, -0.2) is 0 Å². The van der Waals surface area contributed by atoms with E-state index in [1.165, 1.54) is 0 Å². The Bertz CT molecular complexity index is 777. The van der Waals surface area contributed by atoms with Crippen molar-refractivity contribution in [1.82, 2.24) is 10.2 Å². The predicted octanol–water partition coefficient (Wildman–Crippen LogP) is 2.61. The highest BCUT2D eigenvalue weighted by molar-refractivity contribution is 5.98. The first-order chi connectivity index (χ1) is 13.2. The molecule has 1 N–H and O–H groups in total. The van der Waals surface area contributed by atoms with E-state index in [4.69, 9.17) is 0 Å². The molecule has 1 saturated heterocycles. The number of rotatable bonds is 7. The molecule has 1 fully saturated rings. The Balaban J connectivity index is 1.67. The highest BCUT2D eigenvalue weighted by atomic mass is 16.2. The van der Waals surface area contributed by atoms with Gasteiger partial charge in [0.15, 0.2) is 0 Å². The highest BCUT2D eigenvalue weighted by Gasteiger charge is 2.35. The molecule has 3 rings (SSSR count). The van der Waals surface area contributed by atoms with E-state index in [2.05, 4.69) is 5.32 Å². The van der Waals surface area contributed by atoms with Gasteiger partial charge in [0.2, 0.25) is 5.91 Å². The van der Waals surface area contributed by atoms with Gasteiger partial charge in [0.25, 0.3) is 5.91 Å². The van der Waals surface area contributed by atoms with Gasteiger partial charge in [-0.05, 0) is 37.0 Å². The quantitative estimate of drug-likeness (QED) is 0.768. The first-order valence-electron chi connectivity index (χ1n) is 9.33. The maximum Gasteiger partial charge on any atom is 0.254 e. The second-order valence-corrected chi connectivity index (χ2v) is 6.82. The molecule has 1 heterocycles. The number of nitrogens with one attached hydrogen (secondary N) is 1. The van der Waals surface area contributed by atoms with Crippen LogP contribution in [0.5, 0.6) is 0 Å². The number of hydrogen-bond donors (Lipinski definition) is 1. The summed E-state index contributed by atoms with van der Waals surface area (Å²) in [6.45, 7) is 0.572. The van der Waals surface area contributed by atoms with Crippen LogP contribution in [0.3, 0.4) is 0 Å². The monoisotopic (exact) mass is 364 g/mol. The van der Waals surface area contributed by atoms with Crippen molar-refractivity contribution in [2.45, 2.75) is 37.8 Å². The minimum Gasteiger partial charge on any atom is -0.351 e. The number of likely N-dealkylation sites (tertiary alicyclic amines) is 1. The maximum absolute atomic E-state index is 12.8. The van der Waals surface area contributed by atoms with Crippen molar-refractivity contribution in [2.75, 3.05) is 6.54 Å². The van der Waals surface area contributed by atoms with E-state index in [1.54, 1.807) is 17.0 Å². The standard InChI is InChI=1S/C22H24N2O3/c25-15-13-19(16-17-8-3-1-4-9-17)23-21(26)20-12-7-14-24(20)22(27)18-10-5-2-6-11-18/h1-6,8-11,15,19-20H,7,12-14,16H2,(H,23,26)/t19-,20+/m1/s1. The average molecular weight is 364 g/mol. The third-order valence-electron chi connectivity index (χ3n) is 4.89. The number of benzene rings is 2. The molecule has 0 saturated carbocycles. The second kappa shape index (κ2) is 9.12. The molecular weight excluding hydrogens is 340 g/mol. The molecule has 1 aliphatic rings. The fourth-order valence-electron chi connectivity index (χ4n) is 3.53. The fraction of sp³-hybridized carbons (Fsp3) is 0.318. The summed E-state index contributed by atoms with van der Waals surface area (Å²) < 4.78 is 0. The molecule has 0 unspecified atom stereocenters. The third-order valence-corrected chi connectivity index (χ3v) is 4.89. The van der Waals surface area contributed by atoms with Crippen LogP contribution in [-0.2, 0) is 16.0 Å². The van der Waals surface area contributed by atoms with Crippen molar-refractivity contribution < 1.29 is 14.4 Å². The molecule has 0 spiro atoms. The van der Waals surface area contributed by atoms with Crippen molar-refractivity contribution in [2.24, 2.45) is 0 Å². The predicted molar refractivity (Wildman–Crippen MR) is 103 cm³/mol. The van der Waals surface area contributed by atoms with Crippen LogP contribution in [0.1, 0.15) is 35.2 Å². The molecule has 2 atom stereocenters. The molecule has 5 nitrogen and oxygen atoms in total. The van der Waals surface area contributed by atoms with E-state index in [1.807, 2.05) is 48.5 Å². The Morgan fingerprint density at radius 3 is 2.41 bits per heavy atom. The van der Waals surface area contributed by atoms with Crippen LogP contribution in [-0.4, -0.2) is 41.6 Å². The van der Waals surface area contributed by atoms with Gasteiger partial charge in [-0.1, -0.05) is 48.5 Å². The molecule has 0 radical (unpaired) electrons. The van der Waals surface area contributed by atoms with Crippen molar-refractivity contribution in [3.63, 3.8) is 0 Å². The van der Waals surface area contributed by atoms with Gasteiger partial charge in [0.1, 0.15) is 12.3 Å². The minimum absolute atomic E-state index is 0.122. The Morgan fingerprint density at radius 2 is 1.74 bits per heavy atom. The maximum atomic E-state index is 12.8. The molecule has 2 aromatic rings. The number of nitrogens with zero attached hydrogens (tertiary/aromatic N) is 1. The van der Waals surface area contributed by atoms with Crippen molar-refractivity contribution in [1.29, 1.82) is 0 Å². The topological polar surface area (TPSA) is 66.5 Å². The van der Waals surface area contributed by atoms with Gasteiger partial charge in [-0.2, -0.15) is 0 Å². The Morgan fingerprint density at radius 1 is 1.07 bits per heavy atom. The Kier molecular flexibility index (Phi) is 6.36. The molecular formula is C22H24N2O3. The van der Waals surface area contributed by atoms with Crippen LogP contribution in [0.4, 0.5) is 0 Å². The van der Waals surface area contributed by atoms with Crippen LogP contribution >= 0.6 is 0 Å². The zero-order chi connectivity index (χ0) is 19.1. The van der Waals surface area contributed by atoms with E-state index < -0.39 is 6.04 Å². The van der Waals surface area contributed by atoms with E-state index in [9.17, 15) is 14.4 Å². The summed E-state index contributed by atoms with van der Waals surface area (Å²) >= 11 is 0. The fourth-order valence-corrected chi connectivity index (χ4v) is 3.53. The Labute approximate surface area is 159 Å². The largest absolute Gasteiger partial charge is 0.351 e. The van der Waals surface area contributed by atoms with Crippen LogP contribution < -0.4 is 5.32 Å². The zero-order valence-electron chi connectivity index (χ0n) is 15.2. The molecule has 140 valence electrons. The number of aldehydes is 1. The van der Waals surface area contributed by atoms with Crippen LogP contribution in [0.2, 0.25) is 0 Å². The lowest BCUT2D eigenvalue weighted by Crippen LogP contribution is -2.49. The summed E-state index contributed by atoms with van der Waals surface area (Å²) in [6.07, 6.45) is 3.11. The van der Waals surface area contributed by atoms with Crippen LogP contribution in [0.25, 0.3) is 0 Å². The Hall–Kier alpha value is -2.95. The summed E-state index contributed by atoms with van der Waals surface area (Å²) in [6, 6.07) is 18.0. The highest BCUT2D eigenvalue weighted by Crippen LogP contribution is 2.21. The van der Waals surface area contributed by atoms with Gasteiger partial charge in [-0.15, -0.1) is 0 Å². The van der Waals surface area contributed by atoms with Gasteiger partial charge in [0, 0.05) is 24.6 Å². The minimum atomic E-state index is -0.484. The summed E-state index contributed by atoms with van der Waals surface area (Å²) in [4.78, 5) is 38.3. The first-order valence-corrected chi connectivity index (χ1v) is 9.33. The smallest absolute Gasteiger partial charge is 0.254 e. The lowest BCUT2D eigenvalue weighted by molar-refractivity contribution is -0.125. The van der Waals surface area contributed by atoms with Gasteiger partial charge >= 0.3 is 0 Å². The first kappa shape index (κ1) is 18.8.